The standard InChI is InChI=1S/C12H15NO2S/c14-12(15)10-8-16-11(13-10)7-6-9-4-2-1-3-5-9/h1-5,10-11,13H,6-8H2,(H,14,15)/t10-,11+/m1/s1. The van der Waals surface area contributed by atoms with Gasteiger partial charge in [0.05, 0.1) is 5.37 Å². The first kappa shape index (κ1) is 11.5. The van der Waals surface area contributed by atoms with E-state index in [0.717, 1.165) is 12.8 Å². The molecule has 1 aromatic rings. The molecule has 16 heavy (non-hydrogen) atoms. The second kappa shape index (κ2) is 5.37. The lowest BCUT2D eigenvalue weighted by molar-refractivity contribution is -0.138. The van der Waals surface area contributed by atoms with Crippen molar-refractivity contribution < 1.29 is 9.90 Å². The fourth-order valence-corrected chi connectivity index (χ4v) is 2.99. The predicted octanol–water partition coefficient (Wildman–Crippen LogP) is 1.73. The maximum atomic E-state index is 10.7. The molecule has 0 saturated carbocycles. The van der Waals surface area contributed by atoms with Gasteiger partial charge in [-0.15, -0.1) is 11.8 Å². The first-order chi connectivity index (χ1) is 7.75. The SMILES string of the molecule is O=C(O)[C@H]1CS[C@@H](CCc2ccccc2)N1. The van der Waals surface area contributed by atoms with Crippen LogP contribution in [0.5, 0.6) is 0 Å². The van der Waals surface area contributed by atoms with Crippen molar-refractivity contribution in [3.63, 3.8) is 0 Å². The molecule has 2 atom stereocenters. The van der Waals surface area contributed by atoms with Gasteiger partial charge in [0, 0.05) is 5.75 Å². The zero-order chi connectivity index (χ0) is 11.4. The summed E-state index contributed by atoms with van der Waals surface area (Å²) in [6.07, 6.45) is 1.98. The molecule has 0 spiro atoms. The van der Waals surface area contributed by atoms with Crippen LogP contribution in [0.3, 0.4) is 0 Å². The van der Waals surface area contributed by atoms with Gasteiger partial charge in [0.1, 0.15) is 6.04 Å². The van der Waals surface area contributed by atoms with Crippen molar-refractivity contribution in [2.45, 2.75) is 24.3 Å². The number of aliphatic carboxylic acids is 1. The van der Waals surface area contributed by atoms with Gasteiger partial charge in [-0.25, -0.2) is 0 Å². The number of aryl methyl sites for hydroxylation is 1. The Labute approximate surface area is 99.2 Å². The van der Waals surface area contributed by atoms with E-state index in [4.69, 9.17) is 5.11 Å². The van der Waals surface area contributed by atoms with Crippen LogP contribution < -0.4 is 5.32 Å². The maximum absolute atomic E-state index is 10.7. The lowest BCUT2D eigenvalue weighted by Crippen LogP contribution is -2.36. The van der Waals surface area contributed by atoms with Crippen LogP contribution in [-0.4, -0.2) is 28.2 Å². The molecular formula is C12H15NO2S. The Morgan fingerprint density at radius 1 is 1.44 bits per heavy atom. The second-order valence-electron chi connectivity index (χ2n) is 3.90. The van der Waals surface area contributed by atoms with Gasteiger partial charge in [0.2, 0.25) is 0 Å². The van der Waals surface area contributed by atoms with Gasteiger partial charge < -0.3 is 5.11 Å². The van der Waals surface area contributed by atoms with Gasteiger partial charge >= 0.3 is 5.97 Å². The molecule has 4 heteroatoms. The average Bonchev–Trinajstić information content (AvgIpc) is 2.76. The van der Waals surface area contributed by atoms with E-state index in [9.17, 15) is 4.79 Å². The topological polar surface area (TPSA) is 49.3 Å². The minimum atomic E-state index is -0.741. The Morgan fingerprint density at radius 2 is 2.19 bits per heavy atom. The minimum absolute atomic E-state index is 0.279. The zero-order valence-corrected chi connectivity index (χ0v) is 9.74. The average molecular weight is 237 g/mol. The molecule has 1 aliphatic rings. The summed E-state index contributed by atoms with van der Waals surface area (Å²) in [7, 11) is 0. The highest BCUT2D eigenvalue weighted by molar-refractivity contribution is 8.00. The van der Waals surface area contributed by atoms with Crippen LogP contribution in [0.2, 0.25) is 0 Å². The second-order valence-corrected chi connectivity index (χ2v) is 5.14. The number of benzene rings is 1. The van der Waals surface area contributed by atoms with Crippen LogP contribution in [0, 0.1) is 0 Å². The highest BCUT2D eigenvalue weighted by atomic mass is 32.2. The van der Waals surface area contributed by atoms with Crippen LogP contribution in [-0.2, 0) is 11.2 Å². The molecule has 1 saturated heterocycles. The monoisotopic (exact) mass is 237 g/mol. The van der Waals surface area contributed by atoms with Crippen LogP contribution in [0.25, 0.3) is 0 Å². The molecule has 1 aliphatic heterocycles. The summed E-state index contributed by atoms with van der Waals surface area (Å²) in [4.78, 5) is 10.7. The van der Waals surface area contributed by atoms with E-state index in [1.807, 2.05) is 18.2 Å². The Hall–Kier alpha value is -1.00. The normalized spacial score (nSPS) is 24.5. The van der Waals surface area contributed by atoms with Crippen molar-refractivity contribution in [2.24, 2.45) is 0 Å². The van der Waals surface area contributed by atoms with Gasteiger partial charge in [-0.1, -0.05) is 30.3 Å². The Morgan fingerprint density at radius 3 is 2.81 bits per heavy atom. The molecule has 86 valence electrons. The van der Waals surface area contributed by atoms with Crippen molar-refractivity contribution >= 4 is 17.7 Å². The van der Waals surface area contributed by atoms with Gasteiger partial charge in [-0.05, 0) is 18.4 Å². The number of nitrogens with one attached hydrogen (secondary N) is 1. The van der Waals surface area contributed by atoms with Crippen molar-refractivity contribution in [3.8, 4) is 0 Å². The number of carboxylic acid groups (broad SMARTS) is 1. The first-order valence-electron chi connectivity index (χ1n) is 5.40. The number of hydrogen-bond acceptors (Lipinski definition) is 3. The smallest absolute Gasteiger partial charge is 0.321 e. The minimum Gasteiger partial charge on any atom is -0.480 e. The lowest BCUT2D eigenvalue weighted by Gasteiger charge is -2.10. The van der Waals surface area contributed by atoms with E-state index in [1.165, 1.54) is 5.56 Å². The molecule has 0 aromatic heterocycles. The Kier molecular flexibility index (Phi) is 3.85. The highest BCUT2D eigenvalue weighted by Crippen LogP contribution is 2.22. The molecule has 0 unspecified atom stereocenters. The van der Waals surface area contributed by atoms with Crippen LogP contribution in [0.1, 0.15) is 12.0 Å². The molecule has 3 nitrogen and oxygen atoms in total. The fraction of sp³-hybridized carbons (Fsp3) is 0.417. The number of rotatable bonds is 4. The van der Waals surface area contributed by atoms with Crippen molar-refractivity contribution in [3.05, 3.63) is 35.9 Å². The molecule has 2 rings (SSSR count). The summed E-state index contributed by atoms with van der Waals surface area (Å²) in [5.41, 5.74) is 1.31. The van der Waals surface area contributed by atoms with Crippen molar-refractivity contribution in [1.82, 2.24) is 5.32 Å². The predicted molar refractivity (Wildman–Crippen MR) is 65.6 cm³/mol. The first-order valence-corrected chi connectivity index (χ1v) is 6.45. The van der Waals surface area contributed by atoms with Crippen molar-refractivity contribution in [2.75, 3.05) is 5.75 Å². The molecule has 2 N–H and O–H groups in total. The largest absolute Gasteiger partial charge is 0.480 e. The third-order valence-corrected chi connectivity index (χ3v) is 3.99. The molecule has 1 fully saturated rings. The summed E-state index contributed by atoms with van der Waals surface area (Å²) < 4.78 is 0. The van der Waals surface area contributed by atoms with E-state index in [0.29, 0.717) is 5.75 Å². The Bertz CT molecular complexity index is 355. The molecule has 0 aliphatic carbocycles. The quantitative estimate of drug-likeness (QED) is 0.837. The van der Waals surface area contributed by atoms with Gasteiger partial charge in [0.25, 0.3) is 0 Å². The number of thioether (sulfide) groups is 1. The van der Waals surface area contributed by atoms with E-state index in [2.05, 4.69) is 17.4 Å². The van der Waals surface area contributed by atoms with E-state index < -0.39 is 5.97 Å². The molecule has 1 aromatic carbocycles. The molecule has 0 amide bonds. The van der Waals surface area contributed by atoms with E-state index in [1.54, 1.807) is 11.8 Å². The number of carbonyl (C=O) groups is 1. The molecule has 0 bridgehead atoms. The summed E-state index contributed by atoms with van der Waals surface area (Å²) in [6, 6.07) is 9.91. The maximum Gasteiger partial charge on any atom is 0.321 e. The lowest BCUT2D eigenvalue weighted by atomic mass is 10.1. The summed E-state index contributed by atoms with van der Waals surface area (Å²) in [5, 5.41) is 12.2. The van der Waals surface area contributed by atoms with Gasteiger partial charge in [0.15, 0.2) is 0 Å². The third-order valence-electron chi connectivity index (χ3n) is 2.69. The van der Waals surface area contributed by atoms with Crippen LogP contribution in [0.4, 0.5) is 0 Å². The summed E-state index contributed by atoms with van der Waals surface area (Å²) in [6.45, 7) is 0. The van der Waals surface area contributed by atoms with Gasteiger partial charge in [-0.3, -0.25) is 10.1 Å². The van der Waals surface area contributed by atoms with Crippen LogP contribution in [0.15, 0.2) is 30.3 Å². The van der Waals surface area contributed by atoms with E-state index in [-0.39, 0.29) is 11.4 Å². The van der Waals surface area contributed by atoms with Crippen molar-refractivity contribution in [1.29, 1.82) is 0 Å². The number of hydrogen-bond donors (Lipinski definition) is 2. The van der Waals surface area contributed by atoms with E-state index >= 15 is 0 Å². The number of carboxylic acids is 1. The Balaban J connectivity index is 1.78. The zero-order valence-electron chi connectivity index (χ0n) is 8.93. The highest BCUT2D eigenvalue weighted by Gasteiger charge is 2.28. The fourth-order valence-electron chi connectivity index (χ4n) is 1.78. The van der Waals surface area contributed by atoms with Gasteiger partial charge in [-0.2, -0.15) is 0 Å². The molecular weight excluding hydrogens is 222 g/mol. The third kappa shape index (κ3) is 3.00. The summed E-state index contributed by atoms with van der Waals surface area (Å²) >= 11 is 1.71. The summed E-state index contributed by atoms with van der Waals surface area (Å²) in [5.74, 6) is -0.0656. The molecule has 1 heterocycles. The van der Waals surface area contributed by atoms with Crippen LogP contribution >= 0.6 is 11.8 Å². The molecule has 0 radical (unpaired) electrons.